The summed E-state index contributed by atoms with van der Waals surface area (Å²) in [4.78, 5) is 4.24. The molecule has 1 aromatic heterocycles. The molecule has 0 fully saturated rings. The van der Waals surface area contributed by atoms with Crippen molar-refractivity contribution in [1.82, 2.24) is 10.3 Å². The normalized spacial score (nSPS) is 10.5. The SMILES string of the molecule is CNCCCCOCCc1ccccn1. The lowest BCUT2D eigenvalue weighted by Gasteiger charge is -2.03. The van der Waals surface area contributed by atoms with Crippen molar-refractivity contribution in [2.45, 2.75) is 19.3 Å². The lowest BCUT2D eigenvalue weighted by atomic mass is 10.3. The van der Waals surface area contributed by atoms with Crippen molar-refractivity contribution < 1.29 is 4.74 Å². The number of rotatable bonds is 8. The first-order chi connectivity index (χ1) is 7.43. The number of hydrogen-bond acceptors (Lipinski definition) is 3. The molecule has 15 heavy (non-hydrogen) atoms. The van der Waals surface area contributed by atoms with Gasteiger partial charge in [0.25, 0.3) is 0 Å². The Kier molecular flexibility index (Phi) is 6.79. The Labute approximate surface area is 91.9 Å². The molecule has 1 N–H and O–H groups in total. The van der Waals surface area contributed by atoms with Crippen molar-refractivity contribution in [1.29, 1.82) is 0 Å². The standard InChI is InChI=1S/C12H20N2O/c1-13-8-4-5-10-15-11-7-12-6-2-3-9-14-12/h2-3,6,9,13H,4-5,7-8,10-11H2,1H3. The molecular formula is C12H20N2O. The molecule has 0 aliphatic heterocycles. The molecule has 1 aromatic rings. The Bertz CT molecular complexity index is 239. The number of pyridine rings is 1. The van der Waals surface area contributed by atoms with Crippen LogP contribution < -0.4 is 5.32 Å². The lowest BCUT2D eigenvalue weighted by molar-refractivity contribution is 0.133. The van der Waals surface area contributed by atoms with Crippen LogP contribution in [0.2, 0.25) is 0 Å². The molecule has 0 saturated carbocycles. The van der Waals surface area contributed by atoms with Crippen molar-refractivity contribution in [2.75, 3.05) is 26.8 Å². The minimum absolute atomic E-state index is 0.774. The first kappa shape index (κ1) is 12.1. The third-order valence-corrected chi connectivity index (χ3v) is 2.19. The Morgan fingerprint density at radius 3 is 2.93 bits per heavy atom. The van der Waals surface area contributed by atoms with Gasteiger partial charge in [0.15, 0.2) is 0 Å². The Hall–Kier alpha value is -0.930. The number of aromatic nitrogens is 1. The molecule has 3 heteroatoms. The van der Waals surface area contributed by atoms with E-state index in [2.05, 4.69) is 10.3 Å². The number of ether oxygens (including phenoxy) is 1. The van der Waals surface area contributed by atoms with Crippen LogP contribution in [-0.2, 0) is 11.2 Å². The van der Waals surface area contributed by atoms with Crippen LogP contribution in [-0.4, -0.2) is 31.8 Å². The van der Waals surface area contributed by atoms with Gasteiger partial charge in [0.05, 0.1) is 6.61 Å². The van der Waals surface area contributed by atoms with Gasteiger partial charge in [0, 0.05) is 24.9 Å². The number of nitrogens with zero attached hydrogens (tertiary/aromatic N) is 1. The fourth-order valence-electron chi connectivity index (χ4n) is 1.33. The van der Waals surface area contributed by atoms with Gasteiger partial charge in [-0.25, -0.2) is 0 Å². The fraction of sp³-hybridized carbons (Fsp3) is 0.583. The van der Waals surface area contributed by atoms with E-state index in [0.717, 1.165) is 38.3 Å². The third kappa shape index (κ3) is 6.20. The molecule has 3 nitrogen and oxygen atoms in total. The van der Waals surface area contributed by atoms with Crippen LogP contribution in [0.5, 0.6) is 0 Å². The molecule has 0 aliphatic rings. The van der Waals surface area contributed by atoms with Crippen LogP contribution >= 0.6 is 0 Å². The van der Waals surface area contributed by atoms with E-state index in [0.29, 0.717) is 0 Å². The number of nitrogens with one attached hydrogen (secondary N) is 1. The highest BCUT2D eigenvalue weighted by molar-refractivity contribution is 5.03. The highest BCUT2D eigenvalue weighted by Crippen LogP contribution is 1.96. The van der Waals surface area contributed by atoms with E-state index in [-0.39, 0.29) is 0 Å². The Balaban J connectivity index is 1.93. The van der Waals surface area contributed by atoms with E-state index in [1.54, 1.807) is 0 Å². The molecule has 0 atom stereocenters. The summed E-state index contributed by atoms with van der Waals surface area (Å²) in [5, 5.41) is 3.12. The maximum Gasteiger partial charge on any atom is 0.0521 e. The van der Waals surface area contributed by atoms with E-state index in [1.807, 2.05) is 31.4 Å². The maximum absolute atomic E-state index is 5.52. The predicted molar refractivity (Wildman–Crippen MR) is 61.9 cm³/mol. The van der Waals surface area contributed by atoms with Crippen molar-refractivity contribution in [2.24, 2.45) is 0 Å². The zero-order chi connectivity index (χ0) is 10.8. The summed E-state index contributed by atoms with van der Waals surface area (Å²) in [7, 11) is 1.97. The van der Waals surface area contributed by atoms with E-state index in [4.69, 9.17) is 4.74 Å². The summed E-state index contributed by atoms with van der Waals surface area (Å²) in [6.45, 7) is 2.70. The lowest BCUT2D eigenvalue weighted by Crippen LogP contribution is -2.09. The first-order valence-electron chi connectivity index (χ1n) is 5.55. The number of hydrogen-bond donors (Lipinski definition) is 1. The molecule has 0 spiro atoms. The van der Waals surface area contributed by atoms with Gasteiger partial charge < -0.3 is 10.1 Å². The first-order valence-corrected chi connectivity index (χ1v) is 5.55. The zero-order valence-electron chi connectivity index (χ0n) is 9.41. The molecule has 0 saturated heterocycles. The van der Waals surface area contributed by atoms with Crippen molar-refractivity contribution in [3.8, 4) is 0 Å². The van der Waals surface area contributed by atoms with Crippen LogP contribution in [0, 0.1) is 0 Å². The third-order valence-electron chi connectivity index (χ3n) is 2.19. The van der Waals surface area contributed by atoms with Gasteiger partial charge in [0.1, 0.15) is 0 Å². The average Bonchev–Trinajstić information content (AvgIpc) is 2.29. The fourth-order valence-corrected chi connectivity index (χ4v) is 1.33. The van der Waals surface area contributed by atoms with Gasteiger partial charge >= 0.3 is 0 Å². The Morgan fingerprint density at radius 1 is 1.27 bits per heavy atom. The highest BCUT2D eigenvalue weighted by atomic mass is 16.5. The quantitative estimate of drug-likeness (QED) is 0.659. The van der Waals surface area contributed by atoms with Gasteiger partial charge in [-0.15, -0.1) is 0 Å². The zero-order valence-corrected chi connectivity index (χ0v) is 9.41. The molecule has 0 bridgehead atoms. The van der Waals surface area contributed by atoms with E-state index >= 15 is 0 Å². The van der Waals surface area contributed by atoms with Crippen molar-refractivity contribution in [3.05, 3.63) is 30.1 Å². The van der Waals surface area contributed by atoms with Crippen molar-refractivity contribution >= 4 is 0 Å². The molecule has 0 radical (unpaired) electrons. The minimum atomic E-state index is 0.774. The van der Waals surface area contributed by atoms with Gasteiger partial charge in [-0.2, -0.15) is 0 Å². The molecule has 0 unspecified atom stereocenters. The monoisotopic (exact) mass is 208 g/mol. The summed E-state index contributed by atoms with van der Waals surface area (Å²) in [6, 6.07) is 5.97. The van der Waals surface area contributed by atoms with Crippen LogP contribution in [0.3, 0.4) is 0 Å². The molecule has 84 valence electrons. The Morgan fingerprint density at radius 2 is 2.20 bits per heavy atom. The van der Waals surface area contributed by atoms with E-state index in [9.17, 15) is 0 Å². The molecule has 1 heterocycles. The van der Waals surface area contributed by atoms with E-state index < -0.39 is 0 Å². The van der Waals surface area contributed by atoms with Gasteiger partial charge in [-0.05, 0) is 38.6 Å². The molecule has 1 rings (SSSR count). The summed E-state index contributed by atoms with van der Waals surface area (Å²) in [5.41, 5.74) is 1.10. The summed E-state index contributed by atoms with van der Waals surface area (Å²) in [5.74, 6) is 0. The van der Waals surface area contributed by atoms with Gasteiger partial charge in [-0.3, -0.25) is 4.98 Å². The summed E-state index contributed by atoms with van der Waals surface area (Å²) in [6.07, 6.45) is 5.04. The second kappa shape index (κ2) is 8.38. The van der Waals surface area contributed by atoms with Crippen LogP contribution in [0.25, 0.3) is 0 Å². The van der Waals surface area contributed by atoms with Crippen LogP contribution in [0.4, 0.5) is 0 Å². The second-order valence-corrected chi connectivity index (χ2v) is 3.49. The summed E-state index contributed by atoms with van der Waals surface area (Å²) >= 11 is 0. The minimum Gasteiger partial charge on any atom is -0.381 e. The van der Waals surface area contributed by atoms with Crippen LogP contribution in [0.15, 0.2) is 24.4 Å². The van der Waals surface area contributed by atoms with Crippen molar-refractivity contribution in [3.63, 3.8) is 0 Å². The number of unbranched alkanes of at least 4 members (excludes halogenated alkanes) is 1. The molecule has 0 aromatic carbocycles. The second-order valence-electron chi connectivity index (χ2n) is 3.49. The smallest absolute Gasteiger partial charge is 0.0521 e. The maximum atomic E-state index is 5.52. The predicted octanol–water partition coefficient (Wildman–Crippen LogP) is 1.64. The molecular weight excluding hydrogens is 188 g/mol. The average molecular weight is 208 g/mol. The van der Waals surface area contributed by atoms with Gasteiger partial charge in [0.2, 0.25) is 0 Å². The van der Waals surface area contributed by atoms with Gasteiger partial charge in [-0.1, -0.05) is 6.07 Å². The largest absolute Gasteiger partial charge is 0.381 e. The molecule has 0 amide bonds. The van der Waals surface area contributed by atoms with E-state index in [1.165, 1.54) is 6.42 Å². The topological polar surface area (TPSA) is 34.1 Å². The van der Waals surface area contributed by atoms with Crippen LogP contribution in [0.1, 0.15) is 18.5 Å². The molecule has 0 aliphatic carbocycles. The summed E-state index contributed by atoms with van der Waals surface area (Å²) < 4.78 is 5.52. The highest BCUT2D eigenvalue weighted by Gasteiger charge is 1.93.